The summed E-state index contributed by atoms with van der Waals surface area (Å²) in [6.07, 6.45) is 1.61. The topological polar surface area (TPSA) is 95.5 Å². The van der Waals surface area contributed by atoms with Gasteiger partial charge >= 0.3 is 5.97 Å². The average Bonchev–Trinajstić information content (AvgIpc) is 2.50. The van der Waals surface area contributed by atoms with Gasteiger partial charge in [-0.15, -0.1) is 0 Å². The summed E-state index contributed by atoms with van der Waals surface area (Å²) in [5, 5.41) is 14.2. The van der Waals surface area contributed by atoms with E-state index < -0.39 is 17.9 Å². The number of carbonyl (C=O) groups excluding carboxylic acids is 2. The molecule has 1 rings (SSSR count). The molecule has 0 aromatic heterocycles. The first-order valence-electron chi connectivity index (χ1n) is 7.37. The van der Waals surface area contributed by atoms with Gasteiger partial charge in [-0.1, -0.05) is 26.0 Å². The van der Waals surface area contributed by atoms with E-state index in [0.29, 0.717) is 24.9 Å². The first-order valence-corrected chi connectivity index (χ1v) is 7.37. The number of carboxylic acids is 1. The minimum atomic E-state index is -1.05. The Morgan fingerprint density at radius 2 is 1.77 bits per heavy atom. The minimum absolute atomic E-state index is 0.00318. The molecule has 1 aromatic carbocycles. The summed E-state index contributed by atoms with van der Waals surface area (Å²) in [5.74, 6) is -1.47. The summed E-state index contributed by atoms with van der Waals surface area (Å²) in [6, 6.07) is 5.82. The zero-order valence-corrected chi connectivity index (χ0v) is 12.9. The van der Waals surface area contributed by atoms with E-state index in [1.807, 2.05) is 6.92 Å². The molecule has 0 aliphatic carbocycles. The van der Waals surface area contributed by atoms with Gasteiger partial charge < -0.3 is 15.7 Å². The molecular formula is C16H22N2O4. The number of amides is 2. The molecule has 22 heavy (non-hydrogen) atoms. The standard InChI is InChI=1S/C16H22N2O4/c1-3-5-14(19)17-10-11-6-8-12(9-7-11)15(20)18-13(4-2)16(21)22/h6-9,13H,3-5,10H2,1-2H3,(H,17,19)(H,18,20)(H,21,22). The van der Waals surface area contributed by atoms with Crippen LogP contribution >= 0.6 is 0 Å². The van der Waals surface area contributed by atoms with E-state index in [2.05, 4.69) is 10.6 Å². The molecule has 2 amide bonds. The van der Waals surface area contributed by atoms with Gasteiger partial charge in [0.2, 0.25) is 5.91 Å². The predicted molar refractivity (Wildman–Crippen MR) is 82.4 cm³/mol. The van der Waals surface area contributed by atoms with Crippen molar-refractivity contribution in [1.82, 2.24) is 10.6 Å². The van der Waals surface area contributed by atoms with E-state index in [4.69, 9.17) is 5.11 Å². The van der Waals surface area contributed by atoms with Crippen LogP contribution in [0.2, 0.25) is 0 Å². The van der Waals surface area contributed by atoms with Crippen molar-refractivity contribution in [2.45, 2.75) is 45.7 Å². The lowest BCUT2D eigenvalue weighted by Crippen LogP contribution is -2.40. The molecule has 120 valence electrons. The van der Waals surface area contributed by atoms with Crippen molar-refractivity contribution < 1.29 is 19.5 Å². The lowest BCUT2D eigenvalue weighted by atomic mass is 10.1. The number of nitrogens with one attached hydrogen (secondary N) is 2. The van der Waals surface area contributed by atoms with Crippen LogP contribution in [0.15, 0.2) is 24.3 Å². The van der Waals surface area contributed by atoms with Crippen LogP contribution in [0.3, 0.4) is 0 Å². The number of aliphatic carboxylic acids is 1. The second-order valence-electron chi connectivity index (χ2n) is 5.00. The SMILES string of the molecule is CCCC(=O)NCc1ccc(C(=O)NC(CC)C(=O)O)cc1. The van der Waals surface area contributed by atoms with Gasteiger partial charge in [0.1, 0.15) is 6.04 Å². The Bertz CT molecular complexity index is 525. The van der Waals surface area contributed by atoms with Gasteiger partial charge in [0.15, 0.2) is 0 Å². The van der Waals surface area contributed by atoms with Gasteiger partial charge in [0.05, 0.1) is 0 Å². The number of hydrogen-bond acceptors (Lipinski definition) is 3. The van der Waals surface area contributed by atoms with E-state index >= 15 is 0 Å². The van der Waals surface area contributed by atoms with Crippen LogP contribution in [0.5, 0.6) is 0 Å². The lowest BCUT2D eigenvalue weighted by molar-refractivity contribution is -0.139. The Hall–Kier alpha value is -2.37. The van der Waals surface area contributed by atoms with Gasteiger partial charge in [-0.05, 0) is 30.5 Å². The highest BCUT2D eigenvalue weighted by atomic mass is 16.4. The molecule has 0 heterocycles. The van der Waals surface area contributed by atoms with Crippen LogP contribution in [0.1, 0.15) is 49.0 Å². The van der Waals surface area contributed by atoms with Crippen LogP contribution in [-0.2, 0) is 16.1 Å². The van der Waals surface area contributed by atoms with Crippen molar-refractivity contribution >= 4 is 17.8 Å². The van der Waals surface area contributed by atoms with Crippen LogP contribution in [-0.4, -0.2) is 28.9 Å². The smallest absolute Gasteiger partial charge is 0.326 e. The van der Waals surface area contributed by atoms with Crippen molar-refractivity contribution in [3.05, 3.63) is 35.4 Å². The minimum Gasteiger partial charge on any atom is -0.480 e. The van der Waals surface area contributed by atoms with Gasteiger partial charge in [-0.3, -0.25) is 9.59 Å². The Balaban J connectivity index is 2.58. The quantitative estimate of drug-likeness (QED) is 0.681. The molecule has 0 saturated carbocycles. The van der Waals surface area contributed by atoms with E-state index in [1.165, 1.54) is 0 Å². The van der Waals surface area contributed by atoms with Crippen molar-refractivity contribution in [3.8, 4) is 0 Å². The average molecular weight is 306 g/mol. The fourth-order valence-electron chi connectivity index (χ4n) is 1.87. The molecule has 3 N–H and O–H groups in total. The van der Waals surface area contributed by atoms with E-state index in [0.717, 1.165) is 12.0 Å². The molecule has 6 heteroatoms. The van der Waals surface area contributed by atoms with E-state index in [-0.39, 0.29) is 5.91 Å². The monoisotopic (exact) mass is 306 g/mol. The molecule has 0 radical (unpaired) electrons. The molecular weight excluding hydrogens is 284 g/mol. The van der Waals surface area contributed by atoms with Crippen LogP contribution in [0, 0.1) is 0 Å². The summed E-state index contributed by atoms with van der Waals surface area (Å²) < 4.78 is 0. The fraction of sp³-hybridized carbons (Fsp3) is 0.438. The number of benzene rings is 1. The number of carboxylic acid groups (broad SMARTS) is 1. The summed E-state index contributed by atoms with van der Waals surface area (Å²) >= 11 is 0. The third-order valence-electron chi connectivity index (χ3n) is 3.19. The Morgan fingerprint density at radius 1 is 1.14 bits per heavy atom. The predicted octanol–water partition coefficient (Wildman–Crippen LogP) is 1.70. The zero-order chi connectivity index (χ0) is 16.5. The van der Waals surface area contributed by atoms with Crippen molar-refractivity contribution in [3.63, 3.8) is 0 Å². The largest absolute Gasteiger partial charge is 0.480 e. The Labute approximate surface area is 129 Å². The summed E-state index contributed by atoms with van der Waals surface area (Å²) in [5.41, 5.74) is 1.27. The van der Waals surface area contributed by atoms with E-state index in [1.54, 1.807) is 31.2 Å². The zero-order valence-electron chi connectivity index (χ0n) is 12.9. The number of rotatable bonds is 8. The summed E-state index contributed by atoms with van der Waals surface area (Å²) in [4.78, 5) is 34.2. The van der Waals surface area contributed by atoms with Gasteiger partial charge in [0, 0.05) is 18.5 Å². The van der Waals surface area contributed by atoms with Gasteiger partial charge in [-0.25, -0.2) is 4.79 Å². The van der Waals surface area contributed by atoms with Gasteiger partial charge in [0.25, 0.3) is 5.91 Å². The second-order valence-corrected chi connectivity index (χ2v) is 5.00. The normalized spacial score (nSPS) is 11.5. The molecule has 0 spiro atoms. The molecule has 0 aliphatic rings. The fourth-order valence-corrected chi connectivity index (χ4v) is 1.87. The molecule has 0 bridgehead atoms. The molecule has 1 aromatic rings. The molecule has 0 fully saturated rings. The third kappa shape index (κ3) is 5.55. The molecule has 1 atom stereocenters. The van der Waals surface area contributed by atoms with Crippen LogP contribution in [0.4, 0.5) is 0 Å². The highest BCUT2D eigenvalue weighted by molar-refractivity contribution is 5.96. The molecule has 1 unspecified atom stereocenters. The first kappa shape index (κ1) is 17.7. The number of hydrogen-bond donors (Lipinski definition) is 3. The first-order chi connectivity index (χ1) is 10.5. The van der Waals surface area contributed by atoms with Crippen LogP contribution in [0.25, 0.3) is 0 Å². The van der Waals surface area contributed by atoms with Crippen molar-refractivity contribution in [1.29, 1.82) is 0 Å². The molecule has 0 aliphatic heterocycles. The maximum atomic E-state index is 11.9. The maximum Gasteiger partial charge on any atom is 0.326 e. The van der Waals surface area contributed by atoms with E-state index in [9.17, 15) is 14.4 Å². The third-order valence-corrected chi connectivity index (χ3v) is 3.19. The lowest BCUT2D eigenvalue weighted by Gasteiger charge is -2.12. The second kappa shape index (κ2) is 8.81. The highest BCUT2D eigenvalue weighted by Gasteiger charge is 2.18. The summed E-state index contributed by atoms with van der Waals surface area (Å²) in [7, 11) is 0. The summed E-state index contributed by atoms with van der Waals surface area (Å²) in [6.45, 7) is 4.04. The van der Waals surface area contributed by atoms with Gasteiger partial charge in [-0.2, -0.15) is 0 Å². The Kier molecular flexibility index (Phi) is 7.08. The van der Waals surface area contributed by atoms with Crippen LogP contribution < -0.4 is 10.6 Å². The van der Waals surface area contributed by atoms with Crippen molar-refractivity contribution in [2.75, 3.05) is 0 Å². The maximum absolute atomic E-state index is 11.9. The highest BCUT2D eigenvalue weighted by Crippen LogP contribution is 2.06. The Morgan fingerprint density at radius 3 is 2.27 bits per heavy atom. The van der Waals surface area contributed by atoms with Crippen molar-refractivity contribution in [2.24, 2.45) is 0 Å². The molecule has 6 nitrogen and oxygen atoms in total. The molecule has 0 saturated heterocycles. The number of carbonyl (C=O) groups is 3.